The highest BCUT2D eigenvalue weighted by molar-refractivity contribution is 7.14. The van der Waals surface area contributed by atoms with E-state index in [9.17, 15) is 4.79 Å². The Morgan fingerprint density at radius 2 is 2.43 bits per heavy atom. The van der Waals surface area contributed by atoms with E-state index in [4.69, 9.17) is 5.11 Å². The summed E-state index contributed by atoms with van der Waals surface area (Å²) in [4.78, 5) is 16.1. The number of anilines is 1. The highest BCUT2D eigenvalue weighted by Crippen LogP contribution is 2.23. The second kappa shape index (κ2) is 4.06. The first kappa shape index (κ1) is 10.5. The third-order valence-corrected chi connectivity index (χ3v) is 2.35. The number of carbonyl (C=O) groups is 1. The van der Waals surface area contributed by atoms with Crippen molar-refractivity contribution in [2.45, 2.75) is 6.92 Å². The van der Waals surface area contributed by atoms with Crippen molar-refractivity contribution >= 4 is 22.4 Å². The van der Waals surface area contributed by atoms with Crippen LogP contribution in [0, 0.1) is 0 Å². The third kappa shape index (κ3) is 2.00. The molecular formula is C9H10N2O2S. The van der Waals surface area contributed by atoms with Crippen LogP contribution in [0.4, 0.5) is 5.13 Å². The normalized spacial score (nSPS) is 9.50. The van der Waals surface area contributed by atoms with E-state index in [0.717, 1.165) is 5.70 Å². The number of aromatic nitrogens is 1. The Kier molecular flexibility index (Phi) is 3.03. The van der Waals surface area contributed by atoms with E-state index in [-0.39, 0.29) is 5.69 Å². The summed E-state index contributed by atoms with van der Waals surface area (Å²) < 4.78 is 0. The molecule has 5 heteroatoms. The number of thiazole rings is 1. The van der Waals surface area contributed by atoms with Crippen LogP contribution in [0.1, 0.15) is 17.4 Å². The highest BCUT2D eigenvalue weighted by Gasteiger charge is 2.12. The van der Waals surface area contributed by atoms with Gasteiger partial charge in [-0.1, -0.05) is 13.2 Å². The SMILES string of the molecule is C=CN(C(=C)C)c1nc(C(=O)O)cs1. The quantitative estimate of drug-likeness (QED) is 0.828. The molecule has 0 aliphatic carbocycles. The molecule has 0 saturated carbocycles. The minimum Gasteiger partial charge on any atom is -0.476 e. The van der Waals surface area contributed by atoms with Gasteiger partial charge >= 0.3 is 5.97 Å². The van der Waals surface area contributed by atoms with Gasteiger partial charge in [0.1, 0.15) is 0 Å². The molecule has 0 spiro atoms. The molecule has 0 atom stereocenters. The van der Waals surface area contributed by atoms with Crippen molar-refractivity contribution in [1.82, 2.24) is 4.98 Å². The van der Waals surface area contributed by atoms with Gasteiger partial charge in [-0.2, -0.15) is 0 Å². The van der Waals surface area contributed by atoms with Gasteiger partial charge in [0.25, 0.3) is 0 Å². The average Bonchev–Trinajstić information content (AvgIpc) is 2.53. The zero-order chi connectivity index (χ0) is 10.7. The van der Waals surface area contributed by atoms with E-state index in [1.54, 1.807) is 18.0 Å². The third-order valence-electron chi connectivity index (χ3n) is 1.51. The van der Waals surface area contributed by atoms with E-state index < -0.39 is 5.97 Å². The molecule has 0 aliphatic heterocycles. The van der Waals surface area contributed by atoms with Crippen molar-refractivity contribution in [3.8, 4) is 0 Å². The first-order chi connectivity index (χ1) is 6.56. The van der Waals surface area contributed by atoms with Crippen molar-refractivity contribution in [2.75, 3.05) is 4.90 Å². The summed E-state index contributed by atoms with van der Waals surface area (Å²) in [7, 11) is 0. The van der Waals surface area contributed by atoms with Crippen molar-refractivity contribution in [3.05, 3.63) is 36.1 Å². The molecule has 74 valence electrons. The van der Waals surface area contributed by atoms with Crippen molar-refractivity contribution in [3.63, 3.8) is 0 Å². The van der Waals surface area contributed by atoms with Crippen molar-refractivity contribution in [1.29, 1.82) is 0 Å². The molecule has 4 nitrogen and oxygen atoms in total. The molecule has 1 aromatic heterocycles. The number of carboxylic acid groups (broad SMARTS) is 1. The molecule has 0 radical (unpaired) electrons. The van der Waals surface area contributed by atoms with Crippen molar-refractivity contribution in [2.24, 2.45) is 0 Å². The summed E-state index contributed by atoms with van der Waals surface area (Å²) in [6.45, 7) is 9.12. The number of hydrogen-bond acceptors (Lipinski definition) is 4. The van der Waals surface area contributed by atoms with Gasteiger partial charge in [-0.15, -0.1) is 11.3 Å². The molecule has 0 amide bonds. The fraction of sp³-hybridized carbons (Fsp3) is 0.111. The number of nitrogens with zero attached hydrogens (tertiary/aromatic N) is 2. The lowest BCUT2D eigenvalue weighted by Gasteiger charge is -2.15. The first-order valence-electron chi connectivity index (χ1n) is 3.82. The summed E-state index contributed by atoms with van der Waals surface area (Å²) >= 11 is 1.24. The standard InChI is InChI=1S/C9H10N2O2S/c1-4-11(6(2)3)9-10-7(5-14-9)8(12)13/h4-5H,1-2H2,3H3,(H,12,13). The zero-order valence-electron chi connectivity index (χ0n) is 7.73. The number of hydrogen-bond donors (Lipinski definition) is 1. The molecule has 0 aromatic carbocycles. The molecule has 1 N–H and O–H groups in total. The molecule has 0 unspecified atom stereocenters. The molecule has 1 rings (SSSR count). The highest BCUT2D eigenvalue weighted by atomic mass is 32.1. The largest absolute Gasteiger partial charge is 0.476 e. The lowest BCUT2D eigenvalue weighted by atomic mass is 10.5. The minimum atomic E-state index is -1.03. The molecule has 1 heterocycles. The van der Waals surface area contributed by atoms with Crippen LogP contribution in [0.5, 0.6) is 0 Å². The van der Waals surface area contributed by atoms with Crippen LogP contribution in [-0.4, -0.2) is 16.1 Å². The predicted octanol–water partition coefficient (Wildman–Crippen LogP) is 2.32. The molecule has 1 aromatic rings. The Labute approximate surface area is 85.8 Å². The molecule has 0 bridgehead atoms. The molecule has 14 heavy (non-hydrogen) atoms. The summed E-state index contributed by atoms with van der Waals surface area (Å²) in [5.41, 5.74) is 0.782. The lowest BCUT2D eigenvalue weighted by molar-refractivity contribution is 0.0691. The Morgan fingerprint density at radius 3 is 2.79 bits per heavy atom. The van der Waals surface area contributed by atoms with E-state index in [1.165, 1.54) is 16.7 Å². The Balaban J connectivity index is 3.00. The van der Waals surface area contributed by atoms with E-state index in [1.807, 2.05) is 0 Å². The first-order valence-corrected chi connectivity index (χ1v) is 4.70. The van der Waals surface area contributed by atoms with Crippen molar-refractivity contribution < 1.29 is 9.90 Å². The van der Waals surface area contributed by atoms with Gasteiger partial charge in [-0.05, 0) is 6.92 Å². The fourth-order valence-electron chi connectivity index (χ4n) is 0.870. The van der Waals surface area contributed by atoms with Gasteiger partial charge in [-0.25, -0.2) is 9.78 Å². The van der Waals surface area contributed by atoms with Crippen LogP contribution in [0.2, 0.25) is 0 Å². The maximum absolute atomic E-state index is 10.6. The second-order valence-corrected chi connectivity index (χ2v) is 3.44. The average molecular weight is 210 g/mol. The minimum absolute atomic E-state index is 0.0399. The molecular weight excluding hydrogens is 200 g/mol. The summed E-state index contributed by atoms with van der Waals surface area (Å²) in [5, 5.41) is 10.7. The second-order valence-electron chi connectivity index (χ2n) is 2.61. The van der Waals surface area contributed by atoms with E-state index in [0.29, 0.717) is 5.13 Å². The number of carboxylic acids is 1. The number of allylic oxidation sites excluding steroid dienone is 1. The topological polar surface area (TPSA) is 53.4 Å². The van der Waals surface area contributed by atoms with Gasteiger partial charge in [-0.3, -0.25) is 4.90 Å². The molecule has 0 aliphatic rings. The Morgan fingerprint density at radius 1 is 1.79 bits per heavy atom. The van der Waals surface area contributed by atoms with Crippen LogP contribution in [0.3, 0.4) is 0 Å². The maximum atomic E-state index is 10.6. The predicted molar refractivity (Wildman–Crippen MR) is 56.6 cm³/mol. The number of aromatic carboxylic acids is 1. The smallest absolute Gasteiger partial charge is 0.355 e. The zero-order valence-corrected chi connectivity index (χ0v) is 8.54. The molecule has 0 fully saturated rings. The Hall–Kier alpha value is -1.62. The maximum Gasteiger partial charge on any atom is 0.355 e. The van der Waals surface area contributed by atoms with E-state index in [2.05, 4.69) is 18.1 Å². The fourth-order valence-corrected chi connectivity index (χ4v) is 1.74. The summed E-state index contributed by atoms with van der Waals surface area (Å²) in [6.07, 6.45) is 1.55. The van der Waals surface area contributed by atoms with Gasteiger partial charge < -0.3 is 5.11 Å². The molecule has 0 saturated heterocycles. The van der Waals surface area contributed by atoms with Crippen LogP contribution in [-0.2, 0) is 0 Å². The summed E-state index contributed by atoms with van der Waals surface area (Å²) in [6, 6.07) is 0. The number of rotatable bonds is 4. The van der Waals surface area contributed by atoms with Gasteiger partial charge in [0.05, 0.1) is 0 Å². The van der Waals surface area contributed by atoms with Gasteiger partial charge in [0.2, 0.25) is 0 Å². The van der Waals surface area contributed by atoms with Gasteiger partial charge in [0, 0.05) is 17.3 Å². The monoisotopic (exact) mass is 210 g/mol. The van der Waals surface area contributed by atoms with Crippen LogP contribution in [0.15, 0.2) is 30.4 Å². The van der Waals surface area contributed by atoms with Crippen LogP contribution >= 0.6 is 11.3 Å². The van der Waals surface area contributed by atoms with Crippen LogP contribution in [0.25, 0.3) is 0 Å². The lowest BCUT2D eigenvalue weighted by Crippen LogP contribution is -2.11. The van der Waals surface area contributed by atoms with Gasteiger partial charge in [0.15, 0.2) is 10.8 Å². The van der Waals surface area contributed by atoms with Crippen LogP contribution < -0.4 is 4.90 Å². The summed E-state index contributed by atoms with van der Waals surface area (Å²) in [5.74, 6) is -1.03. The Bertz CT molecular complexity index is 384. The van der Waals surface area contributed by atoms with E-state index >= 15 is 0 Å².